The van der Waals surface area contributed by atoms with Crippen molar-refractivity contribution in [1.82, 2.24) is 15.1 Å². The molecule has 0 aliphatic carbocycles. The summed E-state index contributed by atoms with van der Waals surface area (Å²) in [5.74, 6) is 1.14. The van der Waals surface area contributed by atoms with Crippen molar-refractivity contribution < 1.29 is 0 Å². The minimum atomic E-state index is 0.834. The molecule has 1 N–H and O–H groups in total. The van der Waals surface area contributed by atoms with Gasteiger partial charge in [-0.1, -0.05) is 18.2 Å². The van der Waals surface area contributed by atoms with Gasteiger partial charge in [0.1, 0.15) is 0 Å². The third-order valence-electron chi connectivity index (χ3n) is 2.45. The lowest BCUT2D eigenvalue weighted by atomic mass is 10.3. The Morgan fingerprint density at radius 2 is 2.06 bits per heavy atom. The van der Waals surface area contributed by atoms with E-state index in [9.17, 15) is 0 Å². The summed E-state index contributed by atoms with van der Waals surface area (Å²) in [5.41, 5.74) is 2.18. The monoisotopic (exact) mass is 247 g/mol. The van der Waals surface area contributed by atoms with Crippen molar-refractivity contribution in [3.05, 3.63) is 48.3 Å². The minimum absolute atomic E-state index is 0.834. The maximum atomic E-state index is 4.53. The fraction of sp³-hybridized carbons (Fsp3) is 0.308. The first-order chi connectivity index (χ1) is 8.40. The van der Waals surface area contributed by atoms with Gasteiger partial charge in [-0.05, 0) is 24.5 Å². The van der Waals surface area contributed by atoms with Crippen LogP contribution in [0.4, 0.5) is 0 Å². The Labute approximate surface area is 106 Å². The van der Waals surface area contributed by atoms with Crippen LogP contribution in [0.15, 0.2) is 42.6 Å². The molecule has 0 fully saturated rings. The van der Waals surface area contributed by atoms with Crippen LogP contribution in [0.5, 0.6) is 0 Å². The average Bonchev–Trinajstić information content (AvgIpc) is 2.85. The van der Waals surface area contributed by atoms with Gasteiger partial charge in [0.2, 0.25) is 0 Å². The Balaban J connectivity index is 1.92. The standard InChI is InChI=1S/C13H17N3S/c1-17-10-8-14-11-12-7-9-16(15-12)13-5-3-2-4-6-13/h2-7,9,14H,8,10-11H2,1H3. The van der Waals surface area contributed by atoms with E-state index < -0.39 is 0 Å². The van der Waals surface area contributed by atoms with Gasteiger partial charge in [-0.15, -0.1) is 0 Å². The minimum Gasteiger partial charge on any atom is -0.310 e. The van der Waals surface area contributed by atoms with Gasteiger partial charge in [0.05, 0.1) is 11.4 Å². The highest BCUT2D eigenvalue weighted by atomic mass is 32.2. The van der Waals surface area contributed by atoms with Crippen molar-refractivity contribution in [2.75, 3.05) is 18.6 Å². The molecule has 0 radical (unpaired) electrons. The smallest absolute Gasteiger partial charge is 0.0766 e. The molecule has 3 nitrogen and oxygen atoms in total. The molecule has 0 unspecified atom stereocenters. The van der Waals surface area contributed by atoms with Gasteiger partial charge in [0.25, 0.3) is 0 Å². The van der Waals surface area contributed by atoms with Gasteiger partial charge >= 0.3 is 0 Å². The Morgan fingerprint density at radius 1 is 1.24 bits per heavy atom. The quantitative estimate of drug-likeness (QED) is 0.795. The van der Waals surface area contributed by atoms with Crippen molar-refractivity contribution in [3.8, 4) is 5.69 Å². The average molecular weight is 247 g/mol. The summed E-state index contributed by atoms with van der Waals surface area (Å²) >= 11 is 1.85. The van der Waals surface area contributed by atoms with Crippen molar-refractivity contribution in [1.29, 1.82) is 0 Å². The first kappa shape index (κ1) is 12.2. The second kappa shape index (κ2) is 6.47. The lowest BCUT2D eigenvalue weighted by Gasteiger charge is -2.01. The molecule has 17 heavy (non-hydrogen) atoms. The number of rotatable bonds is 6. The predicted molar refractivity (Wildman–Crippen MR) is 73.7 cm³/mol. The molecule has 1 heterocycles. The summed E-state index contributed by atoms with van der Waals surface area (Å²) in [4.78, 5) is 0. The van der Waals surface area contributed by atoms with E-state index in [0.29, 0.717) is 0 Å². The van der Waals surface area contributed by atoms with Crippen LogP contribution in [0.2, 0.25) is 0 Å². The number of benzene rings is 1. The summed E-state index contributed by atoms with van der Waals surface area (Å²) in [6.45, 7) is 1.86. The van der Waals surface area contributed by atoms with Crippen LogP contribution in [0, 0.1) is 0 Å². The summed E-state index contributed by atoms with van der Waals surface area (Å²) in [5, 5.41) is 7.90. The zero-order valence-electron chi connectivity index (χ0n) is 9.97. The number of para-hydroxylation sites is 1. The molecule has 0 aliphatic rings. The lowest BCUT2D eigenvalue weighted by molar-refractivity contribution is 0.701. The molecule has 0 atom stereocenters. The SMILES string of the molecule is CSCCNCc1ccn(-c2ccccc2)n1. The molecule has 2 rings (SSSR count). The Bertz CT molecular complexity index is 439. The molecule has 4 heteroatoms. The van der Waals surface area contributed by atoms with E-state index in [4.69, 9.17) is 0 Å². The van der Waals surface area contributed by atoms with Gasteiger partial charge in [0, 0.05) is 25.0 Å². The fourth-order valence-corrected chi connectivity index (χ4v) is 1.92. The highest BCUT2D eigenvalue weighted by Gasteiger charge is 1.99. The van der Waals surface area contributed by atoms with Crippen LogP contribution in [0.1, 0.15) is 5.69 Å². The predicted octanol–water partition coefficient (Wildman–Crippen LogP) is 2.32. The zero-order chi connectivity index (χ0) is 11.9. The fourth-order valence-electron chi connectivity index (χ4n) is 1.57. The van der Waals surface area contributed by atoms with Crippen LogP contribution in [0.3, 0.4) is 0 Å². The number of thioether (sulfide) groups is 1. The molecule has 0 bridgehead atoms. The van der Waals surface area contributed by atoms with E-state index in [0.717, 1.165) is 30.2 Å². The second-order valence-corrected chi connectivity index (χ2v) is 4.74. The van der Waals surface area contributed by atoms with Crippen molar-refractivity contribution in [2.45, 2.75) is 6.54 Å². The Kier molecular flexibility index (Phi) is 4.64. The maximum absolute atomic E-state index is 4.53. The van der Waals surface area contributed by atoms with Crippen LogP contribution < -0.4 is 5.32 Å². The Morgan fingerprint density at radius 3 is 2.82 bits per heavy atom. The van der Waals surface area contributed by atoms with E-state index in [1.54, 1.807) is 0 Å². The van der Waals surface area contributed by atoms with Crippen LogP contribution in [0.25, 0.3) is 5.69 Å². The highest BCUT2D eigenvalue weighted by molar-refractivity contribution is 7.98. The highest BCUT2D eigenvalue weighted by Crippen LogP contribution is 2.06. The molecule has 0 saturated carbocycles. The van der Waals surface area contributed by atoms with Crippen LogP contribution >= 0.6 is 11.8 Å². The maximum Gasteiger partial charge on any atom is 0.0766 e. The number of hydrogen-bond acceptors (Lipinski definition) is 3. The van der Waals surface area contributed by atoms with Crippen molar-refractivity contribution >= 4 is 11.8 Å². The van der Waals surface area contributed by atoms with Gasteiger partial charge in [-0.3, -0.25) is 0 Å². The van der Waals surface area contributed by atoms with Gasteiger partial charge < -0.3 is 5.32 Å². The number of nitrogens with zero attached hydrogens (tertiary/aromatic N) is 2. The van der Waals surface area contributed by atoms with Crippen molar-refractivity contribution in [2.24, 2.45) is 0 Å². The molecule has 90 valence electrons. The van der Waals surface area contributed by atoms with Gasteiger partial charge in [0.15, 0.2) is 0 Å². The second-order valence-electron chi connectivity index (χ2n) is 3.76. The summed E-state index contributed by atoms with van der Waals surface area (Å²) in [6.07, 6.45) is 4.12. The molecule has 0 saturated heterocycles. The van der Waals surface area contributed by atoms with Crippen LogP contribution in [-0.4, -0.2) is 28.3 Å². The summed E-state index contributed by atoms with van der Waals surface area (Å²) < 4.78 is 1.91. The molecule has 0 aliphatic heterocycles. The van der Waals surface area contributed by atoms with E-state index >= 15 is 0 Å². The largest absolute Gasteiger partial charge is 0.310 e. The van der Waals surface area contributed by atoms with Gasteiger partial charge in [-0.2, -0.15) is 16.9 Å². The van der Waals surface area contributed by atoms with Crippen molar-refractivity contribution in [3.63, 3.8) is 0 Å². The number of hydrogen-bond donors (Lipinski definition) is 1. The van der Waals surface area contributed by atoms with Crippen LogP contribution in [-0.2, 0) is 6.54 Å². The molecule has 0 spiro atoms. The lowest BCUT2D eigenvalue weighted by Crippen LogP contribution is -2.16. The Hall–Kier alpha value is -1.26. The van der Waals surface area contributed by atoms with E-state index in [1.807, 2.05) is 40.8 Å². The molecular formula is C13H17N3S. The third-order valence-corrected chi connectivity index (χ3v) is 3.07. The van der Waals surface area contributed by atoms with Gasteiger partial charge in [-0.25, -0.2) is 4.68 Å². The topological polar surface area (TPSA) is 29.9 Å². The molecule has 0 amide bonds. The number of aromatic nitrogens is 2. The number of nitrogens with one attached hydrogen (secondary N) is 1. The van der Waals surface area contributed by atoms with E-state index in [1.165, 1.54) is 0 Å². The van der Waals surface area contributed by atoms with E-state index in [2.05, 4.69) is 34.9 Å². The summed E-state index contributed by atoms with van der Waals surface area (Å²) in [7, 11) is 0. The molecular weight excluding hydrogens is 230 g/mol. The first-order valence-electron chi connectivity index (χ1n) is 5.70. The molecule has 2 aromatic rings. The molecule has 1 aromatic heterocycles. The van der Waals surface area contributed by atoms with E-state index in [-0.39, 0.29) is 0 Å². The zero-order valence-corrected chi connectivity index (χ0v) is 10.8. The normalized spacial score (nSPS) is 10.6. The third kappa shape index (κ3) is 3.61. The first-order valence-corrected chi connectivity index (χ1v) is 7.09. The summed E-state index contributed by atoms with van der Waals surface area (Å²) in [6, 6.07) is 12.2. The molecule has 1 aromatic carbocycles.